The molecule has 1 amide bonds. The normalized spacial score (nSPS) is 16.8. The zero-order chi connectivity index (χ0) is 18.1. The number of rotatable bonds is 2. The van der Waals surface area contributed by atoms with Crippen molar-refractivity contribution in [3.05, 3.63) is 48.0 Å². The maximum atomic E-state index is 12.6. The van der Waals surface area contributed by atoms with E-state index in [9.17, 15) is 4.79 Å². The van der Waals surface area contributed by atoms with E-state index in [0.29, 0.717) is 6.54 Å². The number of likely N-dealkylation sites (N-methyl/N-ethyl adjacent to an activating group) is 1. The Kier molecular flexibility index (Phi) is 4.71. The van der Waals surface area contributed by atoms with Gasteiger partial charge in [0.1, 0.15) is 0 Å². The van der Waals surface area contributed by atoms with Crippen LogP contribution in [0.5, 0.6) is 0 Å². The Balaban J connectivity index is 2.03. The number of hydrogen-bond donors (Lipinski definition) is 0. The van der Waals surface area contributed by atoms with Crippen molar-refractivity contribution in [3.8, 4) is 11.1 Å². The fourth-order valence-corrected chi connectivity index (χ4v) is 3.12. The topological polar surface area (TPSA) is 32.8 Å². The standard InChI is InChI=1S/C21H26N2O2/c1-14(2)25-21(24)23-13-16(4)22(5)19-11-10-18(12-20(19)23)17-8-6-15(3)7-9-17/h6-12,14,16H,13H2,1-5H3. The van der Waals surface area contributed by atoms with E-state index in [1.807, 2.05) is 13.8 Å². The van der Waals surface area contributed by atoms with Crippen LogP contribution in [-0.4, -0.2) is 31.8 Å². The summed E-state index contributed by atoms with van der Waals surface area (Å²) in [6, 6.07) is 15.0. The number of fused-ring (bicyclic) bond motifs is 1. The van der Waals surface area contributed by atoms with Crippen LogP contribution in [0.25, 0.3) is 11.1 Å². The minimum Gasteiger partial charge on any atom is -0.446 e. The molecule has 1 atom stereocenters. The lowest BCUT2D eigenvalue weighted by Crippen LogP contribution is -2.48. The third kappa shape index (κ3) is 3.48. The molecule has 0 radical (unpaired) electrons. The summed E-state index contributed by atoms with van der Waals surface area (Å²) in [5.41, 5.74) is 5.44. The maximum Gasteiger partial charge on any atom is 0.414 e. The number of carbonyl (C=O) groups excluding carboxylic acids is 1. The van der Waals surface area contributed by atoms with Crippen molar-refractivity contribution < 1.29 is 9.53 Å². The van der Waals surface area contributed by atoms with Gasteiger partial charge in [0.2, 0.25) is 0 Å². The van der Waals surface area contributed by atoms with Crippen molar-refractivity contribution in [1.82, 2.24) is 0 Å². The Morgan fingerprint density at radius 3 is 2.36 bits per heavy atom. The zero-order valence-corrected chi connectivity index (χ0v) is 15.6. The monoisotopic (exact) mass is 338 g/mol. The summed E-state index contributed by atoms with van der Waals surface area (Å²) < 4.78 is 5.46. The van der Waals surface area contributed by atoms with Crippen LogP contribution in [-0.2, 0) is 4.74 Å². The molecule has 1 unspecified atom stereocenters. The molecular weight excluding hydrogens is 312 g/mol. The molecule has 0 saturated carbocycles. The molecule has 0 aromatic heterocycles. The summed E-state index contributed by atoms with van der Waals surface area (Å²) in [5, 5.41) is 0. The van der Waals surface area contributed by atoms with Gasteiger partial charge in [0.05, 0.1) is 17.5 Å². The Hall–Kier alpha value is -2.49. The summed E-state index contributed by atoms with van der Waals surface area (Å²) in [5.74, 6) is 0. The zero-order valence-electron chi connectivity index (χ0n) is 15.6. The van der Waals surface area contributed by atoms with Crippen LogP contribution in [0.2, 0.25) is 0 Å². The highest BCUT2D eigenvalue weighted by molar-refractivity contribution is 5.95. The van der Waals surface area contributed by atoms with Crippen molar-refractivity contribution >= 4 is 17.5 Å². The first kappa shape index (κ1) is 17.3. The van der Waals surface area contributed by atoms with Crippen molar-refractivity contribution in [2.24, 2.45) is 0 Å². The summed E-state index contributed by atoms with van der Waals surface area (Å²) in [4.78, 5) is 16.6. The number of nitrogens with zero attached hydrogens (tertiary/aromatic N) is 2. The molecule has 4 nitrogen and oxygen atoms in total. The van der Waals surface area contributed by atoms with Gasteiger partial charge in [-0.15, -0.1) is 0 Å². The SMILES string of the molecule is Cc1ccc(-c2ccc3c(c2)N(C(=O)OC(C)C)CC(C)N3C)cc1. The van der Waals surface area contributed by atoms with Crippen molar-refractivity contribution in [2.45, 2.75) is 39.8 Å². The van der Waals surface area contributed by atoms with Gasteiger partial charge in [-0.25, -0.2) is 4.79 Å². The number of hydrogen-bond acceptors (Lipinski definition) is 3. The van der Waals surface area contributed by atoms with Gasteiger partial charge < -0.3 is 9.64 Å². The summed E-state index contributed by atoms with van der Waals surface area (Å²) in [6.07, 6.45) is -0.413. The average molecular weight is 338 g/mol. The van der Waals surface area contributed by atoms with Crippen LogP contribution in [0, 0.1) is 6.92 Å². The van der Waals surface area contributed by atoms with Gasteiger partial charge >= 0.3 is 6.09 Å². The van der Waals surface area contributed by atoms with E-state index in [1.54, 1.807) is 4.90 Å². The molecule has 1 aliphatic heterocycles. The van der Waals surface area contributed by atoms with Gasteiger partial charge in [-0.3, -0.25) is 4.90 Å². The van der Waals surface area contributed by atoms with Crippen molar-refractivity contribution in [1.29, 1.82) is 0 Å². The fraction of sp³-hybridized carbons (Fsp3) is 0.381. The molecule has 132 valence electrons. The molecule has 1 heterocycles. The Bertz CT molecular complexity index is 768. The predicted molar refractivity (Wildman–Crippen MR) is 103 cm³/mol. The first-order valence-electron chi connectivity index (χ1n) is 8.79. The van der Waals surface area contributed by atoms with Gasteiger partial charge in [-0.1, -0.05) is 35.9 Å². The van der Waals surface area contributed by atoms with E-state index in [2.05, 4.69) is 68.3 Å². The largest absolute Gasteiger partial charge is 0.446 e. The highest BCUT2D eigenvalue weighted by atomic mass is 16.6. The van der Waals surface area contributed by atoms with Gasteiger partial charge in [-0.2, -0.15) is 0 Å². The summed E-state index contributed by atoms with van der Waals surface area (Å²) in [7, 11) is 2.07. The second-order valence-electron chi connectivity index (χ2n) is 7.07. The highest BCUT2D eigenvalue weighted by Crippen LogP contribution is 2.38. The van der Waals surface area contributed by atoms with Crippen molar-refractivity contribution in [3.63, 3.8) is 0 Å². The van der Waals surface area contributed by atoms with Gasteiger partial charge in [0.15, 0.2) is 0 Å². The lowest BCUT2D eigenvalue weighted by Gasteiger charge is -2.40. The molecular formula is C21H26N2O2. The molecule has 0 bridgehead atoms. The lowest BCUT2D eigenvalue weighted by molar-refractivity contribution is 0.122. The minimum absolute atomic E-state index is 0.133. The molecule has 1 aliphatic rings. The van der Waals surface area contributed by atoms with E-state index in [0.717, 1.165) is 22.5 Å². The molecule has 2 aromatic carbocycles. The van der Waals surface area contributed by atoms with Crippen LogP contribution in [0.15, 0.2) is 42.5 Å². The maximum absolute atomic E-state index is 12.6. The molecule has 0 N–H and O–H groups in total. The number of ether oxygens (including phenoxy) is 1. The van der Waals surface area contributed by atoms with Crippen LogP contribution in [0.4, 0.5) is 16.2 Å². The average Bonchev–Trinajstić information content (AvgIpc) is 2.57. The second-order valence-corrected chi connectivity index (χ2v) is 7.07. The molecule has 25 heavy (non-hydrogen) atoms. The Morgan fingerprint density at radius 2 is 1.72 bits per heavy atom. The minimum atomic E-state index is -0.280. The van der Waals surface area contributed by atoms with Gasteiger partial charge in [0.25, 0.3) is 0 Å². The third-order valence-corrected chi connectivity index (χ3v) is 4.70. The number of carbonyl (C=O) groups is 1. The van der Waals surface area contributed by atoms with E-state index < -0.39 is 0 Å². The number of anilines is 2. The molecule has 0 fully saturated rings. The fourth-order valence-electron chi connectivity index (χ4n) is 3.12. The quantitative estimate of drug-likeness (QED) is 0.784. The number of benzene rings is 2. The first-order valence-corrected chi connectivity index (χ1v) is 8.79. The molecule has 3 rings (SSSR count). The second kappa shape index (κ2) is 6.79. The van der Waals surface area contributed by atoms with Crippen LogP contribution in [0.1, 0.15) is 26.3 Å². The smallest absolute Gasteiger partial charge is 0.414 e. The molecule has 4 heteroatoms. The van der Waals surface area contributed by atoms with E-state index in [-0.39, 0.29) is 18.2 Å². The van der Waals surface area contributed by atoms with Crippen LogP contribution >= 0.6 is 0 Å². The first-order chi connectivity index (χ1) is 11.9. The Labute approximate surface area is 150 Å². The van der Waals surface area contributed by atoms with Gasteiger partial charge in [0, 0.05) is 19.6 Å². The van der Waals surface area contributed by atoms with E-state index >= 15 is 0 Å². The summed E-state index contributed by atoms with van der Waals surface area (Å²) >= 11 is 0. The molecule has 2 aromatic rings. The number of aryl methyl sites for hydroxylation is 1. The van der Waals surface area contributed by atoms with Crippen LogP contribution in [0.3, 0.4) is 0 Å². The van der Waals surface area contributed by atoms with E-state index in [4.69, 9.17) is 4.74 Å². The summed E-state index contributed by atoms with van der Waals surface area (Å²) in [6.45, 7) is 8.57. The van der Waals surface area contributed by atoms with Gasteiger partial charge in [-0.05, 0) is 51.0 Å². The predicted octanol–water partition coefficient (Wildman–Crippen LogP) is 4.85. The van der Waals surface area contributed by atoms with Crippen molar-refractivity contribution in [2.75, 3.05) is 23.4 Å². The third-order valence-electron chi connectivity index (χ3n) is 4.70. The van der Waals surface area contributed by atoms with Crippen LogP contribution < -0.4 is 9.80 Å². The Morgan fingerprint density at radius 1 is 1.08 bits per heavy atom. The molecule has 0 saturated heterocycles. The lowest BCUT2D eigenvalue weighted by atomic mass is 10.0. The molecule has 0 spiro atoms. The van der Waals surface area contributed by atoms with E-state index in [1.165, 1.54) is 5.56 Å². The molecule has 0 aliphatic carbocycles. The highest BCUT2D eigenvalue weighted by Gasteiger charge is 2.31. The number of amides is 1.